The molecule has 3 rings (SSSR count). The third kappa shape index (κ3) is 2.08. The van der Waals surface area contributed by atoms with E-state index < -0.39 is 0 Å². The number of nitrogens with one attached hydrogen (secondary N) is 1. The molecular formula is C12H19N5O. The molecule has 1 aromatic heterocycles. The maximum absolute atomic E-state index is 12.1. The van der Waals surface area contributed by atoms with E-state index in [0.717, 1.165) is 25.6 Å². The van der Waals surface area contributed by atoms with Crippen molar-refractivity contribution in [3.05, 3.63) is 11.9 Å². The molecular weight excluding hydrogens is 230 g/mol. The van der Waals surface area contributed by atoms with Crippen molar-refractivity contribution in [2.24, 2.45) is 7.05 Å². The lowest BCUT2D eigenvalue weighted by molar-refractivity contribution is 0.0929. The summed E-state index contributed by atoms with van der Waals surface area (Å²) in [5.41, 5.74) is 6.64. The number of aryl methyl sites for hydroxylation is 1. The number of nitrogen functional groups attached to an aromatic ring is 1. The zero-order valence-corrected chi connectivity index (χ0v) is 10.6. The SMILES string of the molecule is Cn1ncc(N)c1C(=O)NC1CCN(C2CC2)C1. The number of rotatable bonds is 3. The summed E-state index contributed by atoms with van der Waals surface area (Å²) in [6.07, 6.45) is 5.17. The van der Waals surface area contributed by atoms with Gasteiger partial charge in [0.15, 0.2) is 0 Å². The summed E-state index contributed by atoms with van der Waals surface area (Å²) >= 11 is 0. The summed E-state index contributed by atoms with van der Waals surface area (Å²) in [4.78, 5) is 14.6. The van der Waals surface area contributed by atoms with E-state index in [1.807, 2.05) is 0 Å². The van der Waals surface area contributed by atoms with Crippen LogP contribution in [0, 0.1) is 0 Å². The second-order valence-electron chi connectivity index (χ2n) is 5.26. The first kappa shape index (κ1) is 11.5. The van der Waals surface area contributed by atoms with Crippen molar-refractivity contribution in [2.45, 2.75) is 31.3 Å². The minimum Gasteiger partial charge on any atom is -0.396 e. The minimum atomic E-state index is -0.116. The predicted octanol–water partition coefficient (Wildman–Crippen LogP) is -0.0312. The highest BCUT2D eigenvalue weighted by molar-refractivity contribution is 5.97. The van der Waals surface area contributed by atoms with Crippen molar-refractivity contribution in [2.75, 3.05) is 18.8 Å². The van der Waals surface area contributed by atoms with Crippen LogP contribution in [-0.4, -0.2) is 45.8 Å². The van der Waals surface area contributed by atoms with Crippen LogP contribution in [0.2, 0.25) is 0 Å². The Hall–Kier alpha value is -1.56. The van der Waals surface area contributed by atoms with Gasteiger partial charge in [0.2, 0.25) is 0 Å². The van der Waals surface area contributed by atoms with Crippen LogP contribution in [0.4, 0.5) is 5.69 Å². The van der Waals surface area contributed by atoms with E-state index in [9.17, 15) is 4.79 Å². The lowest BCUT2D eigenvalue weighted by Gasteiger charge is -2.16. The van der Waals surface area contributed by atoms with Gasteiger partial charge in [-0.15, -0.1) is 0 Å². The molecule has 1 unspecified atom stereocenters. The second kappa shape index (κ2) is 4.28. The Bertz CT molecular complexity index is 446. The number of carbonyl (C=O) groups is 1. The van der Waals surface area contributed by atoms with Gasteiger partial charge in [-0.3, -0.25) is 14.4 Å². The molecule has 2 heterocycles. The van der Waals surface area contributed by atoms with E-state index in [0.29, 0.717) is 11.4 Å². The van der Waals surface area contributed by atoms with Crippen LogP contribution < -0.4 is 11.1 Å². The highest BCUT2D eigenvalue weighted by Crippen LogP contribution is 2.29. The molecule has 1 aliphatic heterocycles. The smallest absolute Gasteiger partial charge is 0.271 e. The van der Waals surface area contributed by atoms with E-state index >= 15 is 0 Å². The summed E-state index contributed by atoms with van der Waals surface area (Å²) < 4.78 is 1.53. The molecule has 1 amide bonds. The number of hydrogen-bond acceptors (Lipinski definition) is 4. The fourth-order valence-electron chi connectivity index (χ4n) is 2.66. The molecule has 0 aromatic carbocycles. The topological polar surface area (TPSA) is 76.2 Å². The Kier molecular flexibility index (Phi) is 2.74. The number of nitrogens with zero attached hydrogens (tertiary/aromatic N) is 3. The zero-order chi connectivity index (χ0) is 12.7. The van der Waals surface area contributed by atoms with Crippen LogP contribution in [0.3, 0.4) is 0 Å². The first-order valence-electron chi connectivity index (χ1n) is 6.47. The molecule has 6 nitrogen and oxygen atoms in total. The molecule has 2 fully saturated rings. The van der Waals surface area contributed by atoms with Crippen LogP contribution in [0.25, 0.3) is 0 Å². The van der Waals surface area contributed by atoms with Gasteiger partial charge in [-0.05, 0) is 19.3 Å². The van der Waals surface area contributed by atoms with Crippen molar-refractivity contribution in [3.63, 3.8) is 0 Å². The van der Waals surface area contributed by atoms with Crippen LogP contribution >= 0.6 is 0 Å². The van der Waals surface area contributed by atoms with Crippen LogP contribution in [0.1, 0.15) is 29.8 Å². The van der Waals surface area contributed by atoms with Gasteiger partial charge in [0, 0.05) is 32.2 Å². The lowest BCUT2D eigenvalue weighted by atomic mass is 10.2. The zero-order valence-electron chi connectivity index (χ0n) is 10.6. The Morgan fingerprint density at radius 2 is 2.28 bits per heavy atom. The van der Waals surface area contributed by atoms with E-state index in [-0.39, 0.29) is 11.9 Å². The Morgan fingerprint density at radius 3 is 2.89 bits per heavy atom. The number of hydrogen-bond donors (Lipinski definition) is 2. The summed E-state index contributed by atoms with van der Waals surface area (Å²) in [5, 5.41) is 7.04. The predicted molar refractivity (Wildman–Crippen MR) is 68.1 cm³/mol. The molecule has 98 valence electrons. The van der Waals surface area contributed by atoms with Gasteiger partial charge >= 0.3 is 0 Å². The molecule has 1 aliphatic carbocycles. The average Bonchev–Trinajstić information content (AvgIpc) is 2.99. The van der Waals surface area contributed by atoms with E-state index in [2.05, 4.69) is 15.3 Å². The average molecular weight is 249 g/mol. The quantitative estimate of drug-likeness (QED) is 0.788. The molecule has 0 radical (unpaired) electrons. The van der Waals surface area contributed by atoms with Crippen LogP contribution in [0.5, 0.6) is 0 Å². The normalized spacial score (nSPS) is 24.4. The van der Waals surface area contributed by atoms with E-state index in [4.69, 9.17) is 5.73 Å². The maximum atomic E-state index is 12.1. The number of aromatic nitrogens is 2. The fraction of sp³-hybridized carbons (Fsp3) is 0.667. The van der Waals surface area contributed by atoms with Gasteiger partial charge in [-0.25, -0.2) is 0 Å². The van der Waals surface area contributed by atoms with Gasteiger partial charge in [0.25, 0.3) is 5.91 Å². The highest BCUT2D eigenvalue weighted by atomic mass is 16.2. The monoisotopic (exact) mass is 249 g/mol. The molecule has 0 spiro atoms. The minimum absolute atomic E-state index is 0.116. The first-order valence-corrected chi connectivity index (χ1v) is 6.47. The van der Waals surface area contributed by atoms with Crippen LogP contribution in [-0.2, 0) is 7.05 Å². The maximum Gasteiger partial charge on any atom is 0.271 e. The number of anilines is 1. The Morgan fingerprint density at radius 1 is 1.50 bits per heavy atom. The highest BCUT2D eigenvalue weighted by Gasteiger charge is 2.35. The van der Waals surface area contributed by atoms with Gasteiger partial charge < -0.3 is 11.1 Å². The first-order chi connectivity index (χ1) is 8.65. The Labute approximate surface area is 106 Å². The fourth-order valence-corrected chi connectivity index (χ4v) is 2.66. The number of amides is 1. The van der Waals surface area contributed by atoms with Crippen molar-refractivity contribution >= 4 is 11.6 Å². The van der Waals surface area contributed by atoms with Gasteiger partial charge in [0.05, 0.1) is 11.9 Å². The summed E-state index contributed by atoms with van der Waals surface area (Å²) in [5.74, 6) is -0.116. The molecule has 2 aliphatic rings. The molecule has 1 saturated heterocycles. The summed E-state index contributed by atoms with van der Waals surface area (Å²) in [6.45, 7) is 2.06. The summed E-state index contributed by atoms with van der Waals surface area (Å²) in [6, 6.07) is 1.01. The van der Waals surface area contributed by atoms with Gasteiger partial charge in [0.1, 0.15) is 5.69 Å². The van der Waals surface area contributed by atoms with Crippen molar-refractivity contribution in [1.29, 1.82) is 0 Å². The van der Waals surface area contributed by atoms with Crippen molar-refractivity contribution in [1.82, 2.24) is 20.0 Å². The van der Waals surface area contributed by atoms with Crippen molar-refractivity contribution < 1.29 is 4.79 Å². The molecule has 18 heavy (non-hydrogen) atoms. The molecule has 1 atom stereocenters. The van der Waals surface area contributed by atoms with Gasteiger partial charge in [-0.2, -0.15) is 5.10 Å². The molecule has 6 heteroatoms. The molecule has 0 bridgehead atoms. The van der Waals surface area contributed by atoms with Crippen LogP contribution in [0.15, 0.2) is 6.20 Å². The largest absolute Gasteiger partial charge is 0.396 e. The van der Waals surface area contributed by atoms with Crippen molar-refractivity contribution in [3.8, 4) is 0 Å². The van der Waals surface area contributed by atoms with Gasteiger partial charge in [-0.1, -0.05) is 0 Å². The molecule has 1 aromatic rings. The Balaban J connectivity index is 1.61. The lowest BCUT2D eigenvalue weighted by Crippen LogP contribution is -2.38. The second-order valence-corrected chi connectivity index (χ2v) is 5.26. The molecule has 1 saturated carbocycles. The number of carbonyl (C=O) groups excluding carboxylic acids is 1. The third-order valence-electron chi connectivity index (χ3n) is 3.80. The van der Waals surface area contributed by atoms with E-state index in [1.165, 1.54) is 23.7 Å². The summed E-state index contributed by atoms with van der Waals surface area (Å²) in [7, 11) is 1.73. The number of likely N-dealkylation sites (tertiary alicyclic amines) is 1. The molecule has 3 N–H and O–H groups in total. The standard InChI is InChI=1S/C12H19N5O/c1-16-11(10(13)6-14-16)12(18)15-8-4-5-17(7-8)9-2-3-9/h6,8-9H,2-5,7,13H2,1H3,(H,15,18). The van der Waals surface area contributed by atoms with E-state index in [1.54, 1.807) is 7.05 Å². The number of nitrogens with two attached hydrogens (primary N) is 1. The third-order valence-corrected chi connectivity index (χ3v) is 3.80.